The highest BCUT2D eigenvalue weighted by Gasteiger charge is 2.44. The molecule has 3 N–H and O–H groups in total. The van der Waals surface area contributed by atoms with Crippen LogP contribution < -0.4 is 10.6 Å². The summed E-state index contributed by atoms with van der Waals surface area (Å²) in [7, 11) is 0. The summed E-state index contributed by atoms with van der Waals surface area (Å²) in [6.07, 6.45) is -2.12. The number of aliphatic hydroxyl groups is 1. The number of benzene rings is 1. The van der Waals surface area contributed by atoms with Gasteiger partial charge in [-0.05, 0) is 48.8 Å². The van der Waals surface area contributed by atoms with E-state index >= 15 is 0 Å². The SMILES string of the molecule is Cc1cccc2c(C(O)CNCC34CCC(C3)NC4)cc(C(F)(F)F)nc12. The number of nitrogens with zero attached hydrogens (tertiary/aromatic N) is 1. The fourth-order valence-electron chi connectivity index (χ4n) is 4.55. The topological polar surface area (TPSA) is 57.2 Å². The molecule has 1 aliphatic heterocycles. The van der Waals surface area contributed by atoms with Crippen molar-refractivity contribution in [3.63, 3.8) is 0 Å². The molecule has 0 amide bonds. The van der Waals surface area contributed by atoms with Gasteiger partial charge in [0, 0.05) is 31.1 Å². The molecular weight excluding hydrogens is 355 g/mol. The van der Waals surface area contributed by atoms with E-state index < -0.39 is 18.0 Å². The summed E-state index contributed by atoms with van der Waals surface area (Å²) in [6, 6.07) is 6.80. The van der Waals surface area contributed by atoms with Gasteiger partial charge in [-0.2, -0.15) is 13.2 Å². The van der Waals surface area contributed by atoms with E-state index in [9.17, 15) is 18.3 Å². The molecule has 0 spiro atoms. The van der Waals surface area contributed by atoms with Crippen LogP contribution in [-0.4, -0.2) is 35.8 Å². The van der Waals surface area contributed by atoms with Crippen molar-refractivity contribution in [3.05, 3.63) is 41.1 Å². The second-order valence-electron chi connectivity index (χ2n) is 8.03. The summed E-state index contributed by atoms with van der Waals surface area (Å²) in [4.78, 5) is 3.80. The predicted octanol–water partition coefficient (Wildman–Crippen LogP) is 3.33. The fourth-order valence-corrected chi connectivity index (χ4v) is 4.55. The zero-order valence-electron chi connectivity index (χ0n) is 15.2. The number of halogens is 3. The number of pyridine rings is 1. The smallest absolute Gasteiger partial charge is 0.387 e. The number of rotatable bonds is 5. The monoisotopic (exact) mass is 379 g/mol. The Morgan fingerprint density at radius 3 is 2.85 bits per heavy atom. The minimum atomic E-state index is -4.55. The van der Waals surface area contributed by atoms with E-state index in [1.165, 1.54) is 6.42 Å². The van der Waals surface area contributed by atoms with Crippen molar-refractivity contribution in [3.8, 4) is 0 Å². The van der Waals surface area contributed by atoms with Crippen molar-refractivity contribution in [2.24, 2.45) is 5.41 Å². The number of aromatic nitrogens is 1. The second kappa shape index (κ2) is 6.72. The number of hydrogen-bond acceptors (Lipinski definition) is 4. The minimum Gasteiger partial charge on any atom is -0.387 e. The van der Waals surface area contributed by atoms with Crippen molar-refractivity contribution < 1.29 is 18.3 Å². The lowest BCUT2D eigenvalue weighted by atomic mass is 9.87. The van der Waals surface area contributed by atoms with Gasteiger partial charge >= 0.3 is 6.18 Å². The Morgan fingerprint density at radius 2 is 2.22 bits per heavy atom. The van der Waals surface area contributed by atoms with Gasteiger partial charge in [0.15, 0.2) is 0 Å². The summed E-state index contributed by atoms with van der Waals surface area (Å²) in [6.45, 7) is 3.68. The average molecular weight is 379 g/mol. The van der Waals surface area contributed by atoms with Crippen LogP contribution in [0.15, 0.2) is 24.3 Å². The molecule has 1 aromatic heterocycles. The van der Waals surface area contributed by atoms with Crippen molar-refractivity contribution in [1.29, 1.82) is 0 Å². The first kappa shape index (κ1) is 18.7. The van der Waals surface area contributed by atoms with Crippen LogP contribution in [-0.2, 0) is 6.18 Å². The molecule has 2 heterocycles. The first-order valence-electron chi connectivity index (χ1n) is 9.37. The molecule has 1 aromatic carbocycles. The molecule has 7 heteroatoms. The Balaban J connectivity index is 1.57. The van der Waals surface area contributed by atoms with E-state index in [-0.39, 0.29) is 17.5 Å². The third-order valence-corrected chi connectivity index (χ3v) is 6.03. The number of aliphatic hydroxyl groups excluding tert-OH is 1. The van der Waals surface area contributed by atoms with Gasteiger partial charge in [-0.15, -0.1) is 0 Å². The molecule has 0 radical (unpaired) electrons. The maximum atomic E-state index is 13.3. The highest BCUT2D eigenvalue weighted by atomic mass is 19.4. The molecular formula is C20H24F3N3O. The van der Waals surface area contributed by atoms with Crippen LogP contribution in [0.4, 0.5) is 13.2 Å². The third kappa shape index (κ3) is 3.56. The Labute approximate surface area is 156 Å². The van der Waals surface area contributed by atoms with Gasteiger partial charge in [0.1, 0.15) is 5.69 Å². The van der Waals surface area contributed by atoms with Gasteiger partial charge in [-0.1, -0.05) is 18.2 Å². The number of piperidine rings is 1. The van der Waals surface area contributed by atoms with E-state index in [0.29, 0.717) is 22.5 Å². The summed E-state index contributed by atoms with van der Waals surface area (Å²) >= 11 is 0. The lowest BCUT2D eigenvalue weighted by Crippen LogP contribution is -2.38. The molecule has 27 heavy (non-hydrogen) atoms. The standard InChI is InChI=1S/C20H24F3N3O/c1-12-3-2-4-14-15(7-17(20(21,22)23)26-18(12)14)16(27)9-24-10-19-6-5-13(8-19)25-11-19/h2-4,7,13,16,24-25,27H,5-6,8-11H2,1H3. The molecule has 4 nitrogen and oxygen atoms in total. The molecule has 2 aromatic rings. The van der Waals surface area contributed by atoms with Crippen molar-refractivity contribution >= 4 is 10.9 Å². The molecule has 2 fully saturated rings. The summed E-state index contributed by atoms with van der Waals surface area (Å²) in [5.74, 6) is 0. The number of hydrogen-bond donors (Lipinski definition) is 3. The highest BCUT2D eigenvalue weighted by Crippen LogP contribution is 2.42. The molecule has 3 unspecified atom stereocenters. The Bertz CT molecular complexity index is 844. The molecule has 1 aliphatic carbocycles. The van der Waals surface area contributed by atoms with E-state index in [1.54, 1.807) is 25.1 Å². The number of para-hydroxylation sites is 1. The molecule has 3 atom stereocenters. The zero-order chi connectivity index (χ0) is 19.2. The zero-order valence-corrected chi connectivity index (χ0v) is 15.2. The van der Waals surface area contributed by atoms with Crippen LogP contribution in [0.2, 0.25) is 0 Å². The number of nitrogens with one attached hydrogen (secondary N) is 2. The van der Waals surface area contributed by atoms with E-state index in [0.717, 1.165) is 32.0 Å². The quantitative estimate of drug-likeness (QED) is 0.746. The maximum absolute atomic E-state index is 13.3. The van der Waals surface area contributed by atoms with E-state index in [1.807, 2.05) is 0 Å². The van der Waals surface area contributed by atoms with Gasteiger partial charge in [0.25, 0.3) is 0 Å². The van der Waals surface area contributed by atoms with Gasteiger partial charge in [-0.25, -0.2) is 4.98 Å². The van der Waals surface area contributed by atoms with Crippen molar-refractivity contribution in [2.75, 3.05) is 19.6 Å². The molecule has 1 saturated carbocycles. The van der Waals surface area contributed by atoms with Gasteiger partial charge in [-0.3, -0.25) is 0 Å². The fraction of sp³-hybridized carbons (Fsp3) is 0.550. The van der Waals surface area contributed by atoms with Crippen LogP contribution in [0.3, 0.4) is 0 Å². The Morgan fingerprint density at radius 1 is 1.41 bits per heavy atom. The van der Waals surface area contributed by atoms with Crippen LogP contribution in [0.25, 0.3) is 10.9 Å². The van der Waals surface area contributed by atoms with Gasteiger partial charge < -0.3 is 15.7 Å². The molecule has 4 rings (SSSR count). The van der Waals surface area contributed by atoms with Crippen molar-refractivity contribution in [1.82, 2.24) is 15.6 Å². The highest BCUT2D eigenvalue weighted by molar-refractivity contribution is 5.85. The molecule has 1 saturated heterocycles. The number of fused-ring (bicyclic) bond motifs is 3. The van der Waals surface area contributed by atoms with Gasteiger partial charge in [0.05, 0.1) is 11.6 Å². The average Bonchev–Trinajstić information content (AvgIpc) is 3.21. The lowest BCUT2D eigenvalue weighted by molar-refractivity contribution is -0.141. The summed E-state index contributed by atoms with van der Waals surface area (Å²) < 4.78 is 39.8. The Kier molecular flexibility index (Phi) is 4.64. The van der Waals surface area contributed by atoms with Crippen LogP contribution in [0, 0.1) is 12.3 Å². The number of alkyl halides is 3. The first-order valence-corrected chi connectivity index (χ1v) is 9.37. The summed E-state index contributed by atoms with van der Waals surface area (Å²) in [5.41, 5.74) is 0.482. The molecule has 146 valence electrons. The van der Waals surface area contributed by atoms with Crippen LogP contribution in [0.5, 0.6) is 0 Å². The minimum absolute atomic E-state index is 0.219. The molecule has 2 aliphatic rings. The predicted molar refractivity (Wildman–Crippen MR) is 97.4 cm³/mol. The maximum Gasteiger partial charge on any atom is 0.433 e. The van der Waals surface area contributed by atoms with Crippen molar-refractivity contribution in [2.45, 2.75) is 44.5 Å². The van der Waals surface area contributed by atoms with Crippen LogP contribution >= 0.6 is 0 Å². The molecule has 2 bridgehead atoms. The first-order chi connectivity index (χ1) is 12.8. The van der Waals surface area contributed by atoms with E-state index in [4.69, 9.17) is 0 Å². The summed E-state index contributed by atoms with van der Waals surface area (Å²) in [5, 5.41) is 18.0. The largest absolute Gasteiger partial charge is 0.433 e. The van der Waals surface area contributed by atoms with E-state index in [2.05, 4.69) is 15.6 Å². The second-order valence-corrected chi connectivity index (χ2v) is 8.03. The normalized spacial score (nSPS) is 26.0. The lowest BCUT2D eigenvalue weighted by Gasteiger charge is -2.27. The van der Waals surface area contributed by atoms with Gasteiger partial charge in [0.2, 0.25) is 0 Å². The third-order valence-electron chi connectivity index (χ3n) is 6.03. The number of aryl methyl sites for hydroxylation is 1. The van der Waals surface area contributed by atoms with Crippen LogP contribution in [0.1, 0.15) is 42.2 Å². The Hall–Kier alpha value is -1.70.